The molecule has 0 bridgehead atoms. The molecular formula is C21H21F6N3OS. The fourth-order valence-electron chi connectivity index (χ4n) is 3.61. The number of hydrogen-bond acceptors (Lipinski definition) is 4. The number of halogens is 6. The molecule has 0 spiro atoms. The van der Waals surface area contributed by atoms with Gasteiger partial charge < -0.3 is 5.32 Å². The van der Waals surface area contributed by atoms with Crippen LogP contribution < -0.4 is 5.32 Å². The Morgan fingerprint density at radius 2 is 1.84 bits per heavy atom. The Morgan fingerprint density at radius 1 is 1.16 bits per heavy atom. The molecule has 4 nitrogen and oxygen atoms in total. The number of thioether (sulfide) groups is 1. The highest BCUT2D eigenvalue weighted by atomic mass is 32.2. The Kier molecular flexibility index (Phi) is 7.39. The molecule has 1 aromatic carbocycles. The number of likely N-dealkylation sites (tertiary alicyclic amines) is 1. The van der Waals surface area contributed by atoms with E-state index < -0.39 is 23.5 Å². The number of amidine groups is 1. The third-order valence-electron chi connectivity index (χ3n) is 5.20. The topological polar surface area (TPSA) is 44.7 Å². The van der Waals surface area contributed by atoms with Crippen LogP contribution >= 0.6 is 11.8 Å². The summed E-state index contributed by atoms with van der Waals surface area (Å²) in [6.45, 7) is 4.94. The summed E-state index contributed by atoms with van der Waals surface area (Å²) in [6, 6.07) is 1.78. The van der Waals surface area contributed by atoms with Gasteiger partial charge in [0.2, 0.25) is 0 Å². The van der Waals surface area contributed by atoms with Gasteiger partial charge in [-0.15, -0.1) is 6.58 Å². The number of carbonyl (C=O) groups is 1. The highest BCUT2D eigenvalue weighted by Crippen LogP contribution is 2.38. The number of nitrogens with one attached hydrogen (secondary N) is 1. The molecule has 0 saturated carbocycles. The summed E-state index contributed by atoms with van der Waals surface area (Å²) in [5.41, 5.74) is -2.75. The highest BCUT2D eigenvalue weighted by Gasteiger charge is 2.38. The lowest BCUT2D eigenvalue weighted by Crippen LogP contribution is -2.33. The molecule has 0 unspecified atom stereocenters. The molecule has 174 valence electrons. The predicted octanol–water partition coefficient (Wildman–Crippen LogP) is 5.86. The van der Waals surface area contributed by atoms with Crippen LogP contribution in [-0.4, -0.2) is 35.6 Å². The third kappa shape index (κ3) is 6.16. The minimum absolute atomic E-state index is 0.0862. The number of nitrogens with zero attached hydrogens (tertiary/aromatic N) is 2. The molecule has 0 aliphatic carbocycles. The zero-order valence-electron chi connectivity index (χ0n) is 16.9. The first-order valence-corrected chi connectivity index (χ1v) is 10.7. The van der Waals surface area contributed by atoms with Gasteiger partial charge in [-0.2, -0.15) is 31.3 Å². The van der Waals surface area contributed by atoms with Crippen molar-refractivity contribution < 1.29 is 31.1 Å². The van der Waals surface area contributed by atoms with Crippen LogP contribution in [0.1, 0.15) is 29.5 Å². The van der Waals surface area contributed by atoms with Gasteiger partial charge in [0.15, 0.2) is 0 Å². The molecule has 0 radical (unpaired) electrons. The van der Waals surface area contributed by atoms with Gasteiger partial charge in [-0.25, -0.2) is 0 Å². The van der Waals surface area contributed by atoms with Gasteiger partial charge in [0, 0.05) is 13.1 Å². The van der Waals surface area contributed by atoms with Crippen molar-refractivity contribution in [3.63, 3.8) is 0 Å². The van der Waals surface area contributed by atoms with Gasteiger partial charge in [0.25, 0.3) is 0 Å². The average Bonchev–Trinajstić information content (AvgIpc) is 3.05. The van der Waals surface area contributed by atoms with Crippen molar-refractivity contribution >= 4 is 22.8 Å². The first-order chi connectivity index (χ1) is 15.0. The second-order valence-corrected chi connectivity index (χ2v) is 8.50. The number of aliphatic imine (C=N–C) groups is 1. The summed E-state index contributed by atoms with van der Waals surface area (Å²) in [5, 5.41) is 2.69. The quantitative estimate of drug-likeness (QED) is 0.426. The molecule has 3 rings (SSSR count). The molecular weight excluding hydrogens is 456 g/mol. The summed E-state index contributed by atoms with van der Waals surface area (Å²) in [4.78, 5) is 18.1. The minimum Gasteiger partial charge on any atom is -0.366 e. The van der Waals surface area contributed by atoms with E-state index in [9.17, 15) is 31.1 Å². The van der Waals surface area contributed by atoms with E-state index in [2.05, 4.69) is 16.9 Å². The van der Waals surface area contributed by atoms with E-state index in [4.69, 9.17) is 0 Å². The maximum Gasteiger partial charge on any atom is 0.416 e. The number of rotatable bonds is 5. The lowest BCUT2D eigenvalue weighted by molar-refractivity contribution is -0.143. The van der Waals surface area contributed by atoms with E-state index in [1.54, 1.807) is 11.0 Å². The monoisotopic (exact) mass is 477 g/mol. The fraction of sp³-hybridized carbons (Fsp3) is 0.429. The van der Waals surface area contributed by atoms with Crippen LogP contribution in [0.15, 0.2) is 46.8 Å². The molecule has 2 aliphatic heterocycles. The van der Waals surface area contributed by atoms with E-state index >= 15 is 0 Å². The Morgan fingerprint density at radius 3 is 2.44 bits per heavy atom. The highest BCUT2D eigenvalue weighted by molar-refractivity contribution is 8.18. The maximum absolute atomic E-state index is 13.4. The van der Waals surface area contributed by atoms with Gasteiger partial charge in [-0.3, -0.25) is 9.69 Å². The number of allylic oxidation sites excluding steroid dienone is 1. The van der Waals surface area contributed by atoms with Gasteiger partial charge in [-0.1, -0.05) is 18.2 Å². The largest absolute Gasteiger partial charge is 0.416 e. The van der Waals surface area contributed by atoms with Crippen LogP contribution in [-0.2, 0) is 18.9 Å². The number of piperidine rings is 1. The standard InChI is InChI=1S/C21H21F6N3OS/c1-2-7-28-18-17(32-19(31)29-18)10-13-5-8-30(9-6-13)12-14-3-4-15(20(22,23)24)11-16(14)21(25,26)27/h2-4,10-11,13H,1,5-9,12H2,(H,28,29,31). The fourth-order valence-corrected chi connectivity index (χ4v) is 4.41. The summed E-state index contributed by atoms with van der Waals surface area (Å²) in [7, 11) is 0. The van der Waals surface area contributed by atoms with Gasteiger partial charge >= 0.3 is 17.6 Å². The van der Waals surface area contributed by atoms with Crippen LogP contribution in [0, 0.1) is 5.92 Å². The number of carbonyl (C=O) groups excluding carboxylic acids is 1. The van der Waals surface area contributed by atoms with Crippen LogP contribution in [0.2, 0.25) is 0 Å². The van der Waals surface area contributed by atoms with E-state index in [0.29, 0.717) is 44.4 Å². The summed E-state index contributed by atoms with van der Waals surface area (Å²) < 4.78 is 78.7. The normalized spacial score (nSPS) is 20.0. The lowest BCUT2D eigenvalue weighted by Gasteiger charge is -2.31. The molecule has 1 amide bonds. The second-order valence-electron chi connectivity index (χ2n) is 7.51. The Hall–Kier alpha value is -2.27. The van der Waals surface area contributed by atoms with E-state index in [1.807, 2.05) is 6.08 Å². The van der Waals surface area contributed by atoms with Crippen molar-refractivity contribution in [3.05, 3.63) is 58.5 Å². The molecule has 11 heteroatoms. The van der Waals surface area contributed by atoms with E-state index in [-0.39, 0.29) is 29.3 Å². The summed E-state index contributed by atoms with van der Waals surface area (Å²) >= 11 is 1.02. The Labute approximate surface area is 185 Å². The smallest absolute Gasteiger partial charge is 0.366 e. The molecule has 0 atom stereocenters. The van der Waals surface area contributed by atoms with Crippen LogP contribution in [0.3, 0.4) is 0 Å². The van der Waals surface area contributed by atoms with Gasteiger partial charge in [-0.05, 0) is 61.3 Å². The number of alkyl halides is 6. The second kappa shape index (κ2) is 9.70. The molecule has 1 fully saturated rings. The SMILES string of the molecule is C=CCNC1=NC(=O)SC1=CC1CCN(Cc2ccc(C(F)(F)F)cc2C(F)(F)F)CC1. The maximum atomic E-state index is 13.4. The third-order valence-corrected chi connectivity index (χ3v) is 6.02. The molecule has 2 heterocycles. The van der Waals surface area contributed by atoms with Crippen molar-refractivity contribution in [1.29, 1.82) is 0 Å². The Balaban J connectivity index is 1.66. The van der Waals surface area contributed by atoms with Gasteiger partial charge in [0.1, 0.15) is 5.84 Å². The predicted molar refractivity (Wildman–Crippen MR) is 111 cm³/mol. The van der Waals surface area contributed by atoms with Crippen molar-refractivity contribution in [1.82, 2.24) is 10.2 Å². The van der Waals surface area contributed by atoms with Crippen molar-refractivity contribution in [2.75, 3.05) is 19.6 Å². The van der Waals surface area contributed by atoms with Crippen molar-refractivity contribution in [2.24, 2.45) is 10.9 Å². The molecule has 2 aliphatic rings. The molecule has 0 aromatic heterocycles. The van der Waals surface area contributed by atoms with E-state index in [0.717, 1.165) is 22.7 Å². The van der Waals surface area contributed by atoms with Crippen LogP contribution in [0.5, 0.6) is 0 Å². The number of amides is 1. The molecule has 32 heavy (non-hydrogen) atoms. The van der Waals surface area contributed by atoms with Crippen molar-refractivity contribution in [3.8, 4) is 0 Å². The molecule has 1 aromatic rings. The number of benzene rings is 1. The summed E-state index contributed by atoms with van der Waals surface area (Å²) in [5.74, 6) is 0.604. The molecule has 1 N–H and O–H groups in total. The van der Waals surface area contributed by atoms with Crippen molar-refractivity contribution in [2.45, 2.75) is 31.7 Å². The first kappa shape index (κ1) is 24.4. The zero-order valence-corrected chi connectivity index (χ0v) is 17.7. The van der Waals surface area contributed by atoms with Crippen LogP contribution in [0.25, 0.3) is 0 Å². The molecule has 1 saturated heterocycles. The van der Waals surface area contributed by atoms with Gasteiger partial charge in [0.05, 0.1) is 16.0 Å². The minimum atomic E-state index is -4.88. The zero-order chi connectivity index (χ0) is 23.5. The number of hydrogen-bond donors (Lipinski definition) is 1. The van der Waals surface area contributed by atoms with E-state index in [1.165, 1.54) is 0 Å². The summed E-state index contributed by atoms with van der Waals surface area (Å²) in [6.07, 6.45) is -4.83. The first-order valence-electron chi connectivity index (χ1n) is 9.84. The lowest BCUT2D eigenvalue weighted by atomic mass is 9.95. The van der Waals surface area contributed by atoms with Crippen LogP contribution in [0.4, 0.5) is 31.1 Å². The average molecular weight is 477 g/mol. The Bertz CT molecular complexity index is 930.